The van der Waals surface area contributed by atoms with Crippen LogP contribution >= 0.6 is 0 Å². The van der Waals surface area contributed by atoms with Crippen molar-refractivity contribution < 1.29 is 0 Å². The molecule has 0 fully saturated rings. The summed E-state index contributed by atoms with van der Waals surface area (Å²) in [5.41, 5.74) is 0. The first-order valence-electron chi connectivity index (χ1n) is 15.1. The summed E-state index contributed by atoms with van der Waals surface area (Å²) < 4.78 is 0. The predicted octanol–water partition coefficient (Wildman–Crippen LogP) is 10.9. The fraction of sp³-hybridized carbons (Fsp3) is 0.875. The average Bonchev–Trinajstić information content (AvgIpc) is 2.80. The highest BCUT2D eigenvalue weighted by Gasteiger charge is 2.09. The summed E-state index contributed by atoms with van der Waals surface area (Å²) in [5.74, 6) is 0.941. The van der Waals surface area contributed by atoms with Crippen LogP contribution in [0.15, 0.2) is 24.3 Å². The Morgan fingerprint density at radius 2 is 1.03 bits per heavy atom. The van der Waals surface area contributed by atoms with Crippen molar-refractivity contribution in [3.8, 4) is 0 Å². The smallest absolute Gasteiger partial charge is 0.0124 e. The second kappa shape index (κ2) is 26.1. The van der Waals surface area contributed by atoms with Crippen LogP contribution in [-0.2, 0) is 0 Å². The van der Waals surface area contributed by atoms with E-state index < -0.39 is 0 Å². The van der Waals surface area contributed by atoms with E-state index in [0.717, 1.165) is 12.3 Å². The number of allylic oxidation sites excluding steroid dienone is 3. The zero-order valence-corrected chi connectivity index (χ0v) is 23.8. The van der Waals surface area contributed by atoms with Crippen LogP contribution in [0.2, 0.25) is 0 Å². The molecule has 196 valence electrons. The maximum atomic E-state index is 2.48. The zero-order chi connectivity index (χ0) is 24.4. The van der Waals surface area contributed by atoms with Gasteiger partial charge in [-0.25, -0.2) is 0 Å². The second-order valence-electron chi connectivity index (χ2n) is 10.9. The van der Waals surface area contributed by atoms with E-state index in [1.165, 1.54) is 128 Å². The monoisotopic (exact) mass is 461 g/mol. The Morgan fingerprint density at radius 3 is 1.61 bits per heavy atom. The minimum absolute atomic E-state index is 0.705. The Hall–Kier alpha value is -0.560. The zero-order valence-electron chi connectivity index (χ0n) is 23.8. The maximum Gasteiger partial charge on any atom is 0.0124 e. The number of rotatable bonds is 25. The normalized spacial score (nSPS) is 14.1. The van der Waals surface area contributed by atoms with E-state index in [1.807, 2.05) is 0 Å². The largest absolute Gasteiger partial charge is 0.306 e. The quantitative estimate of drug-likeness (QED) is 0.0964. The third-order valence-electron chi connectivity index (χ3n) is 7.25. The second-order valence-corrected chi connectivity index (χ2v) is 10.9. The van der Waals surface area contributed by atoms with Gasteiger partial charge >= 0.3 is 0 Å². The van der Waals surface area contributed by atoms with Crippen LogP contribution in [-0.4, -0.2) is 25.0 Å². The van der Waals surface area contributed by atoms with Crippen molar-refractivity contribution in [2.24, 2.45) is 5.92 Å². The lowest BCUT2D eigenvalue weighted by Gasteiger charge is -2.23. The van der Waals surface area contributed by atoms with Crippen LogP contribution in [0.1, 0.15) is 156 Å². The lowest BCUT2D eigenvalue weighted by Crippen LogP contribution is -2.27. The summed E-state index contributed by atoms with van der Waals surface area (Å²) in [4.78, 5) is 2.43. The number of unbranched alkanes of at least 4 members (excludes halogenated alkanes) is 13. The van der Waals surface area contributed by atoms with Crippen molar-refractivity contribution in [1.29, 1.82) is 0 Å². The molecule has 0 rings (SSSR count). The van der Waals surface area contributed by atoms with Gasteiger partial charge in [0, 0.05) is 6.04 Å². The van der Waals surface area contributed by atoms with Crippen molar-refractivity contribution in [3.63, 3.8) is 0 Å². The van der Waals surface area contributed by atoms with Crippen LogP contribution in [0.25, 0.3) is 0 Å². The first-order chi connectivity index (χ1) is 16.1. The van der Waals surface area contributed by atoms with Gasteiger partial charge in [0.15, 0.2) is 0 Å². The highest BCUT2D eigenvalue weighted by atomic mass is 15.1. The molecular formula is C32H63N. The molecule has 0 spiro atoms. The molecule has 0 aliphatic heterocycles. The molecule has 0 aromatic heterocycles. The Labute approximate surface area is 210 Å². The predicted molar refractivity (Wildman–Crippen MR) is 153 cm³/mol. The molecule has 0 heterocycles. The fourth-order valence-corrected chi connectivity index (χ4v) is 4.74. The lowest BCUT2D eigenvalue weighted by molar-refractivity contribution is 0.273. The molecule has 0 aromatic rings. The number of nitrogens with zero attached hydrogens (tertiary/aromatic N) is 1. The molecule has 1 heteroatoms. The van der Waals surface area contributed by atoms with Gasteiger partial charge in [-0.15, -0.1) is 0 Å². The average molecular weight is 462 g/mol. The van der Waals surface area contributed by atoms with E-state index in [1.54, 1.807) is 0 Å². The fourth-order valence-electron chi connectivity index (χ4n) is 4.74. The van der Waals surface area contributed by atoms with Gasteiger partial charge in [-0.3, -0.25) is 0 Å². The van der Waals surface area contributed by atoms with Gasteiger partial charge in [0.05, 0.1) is 0 Å². The SMILES string of the molecule is CCCCC/C=C\C/C=C\CC(CCCCCCCC(C)CCCCCCCCC)N(C)C. The summed E-state index contributed by atoms with van der Waals surface area (Å²) in [6.45, 7) is 7.05. The Balaban J connectivity index is 3.63. The van der Waals surface area contributed by atoms with E-state index in [9.17, 15) is 0 Å². The van der Waals surface area contributed by atoms with E-state index in [0.29, 0.717) is 6.04 Å². The summed E-state index contributed by atoms with van der Waals surface area (Å²) >= 11 is 0. The molecule has 0 bridgehead atoms. The van der Waals surface area contributed by atoms with Crippen molar-refractivity contribution in [2.45, 2.75) is 162 Å². The first-order valence-corrected chi connectivity index (χ1v) is 15.1. The highest BCUT2D eigenvalue weighted by molar-refractivity contribution is 4.94. The molecule has 1 nitrogen and oxygen atoms in total. The van der Waals surface area contributed by atoms with Crippen LogP contribution < -0.4 is 0 Å². The molecule has 0 saturated heterocycles. The van der Waals surface area contributed by atoms with Gasteiger partial charge in [0.25, 0.3) is 0 Å². The van der Waals surface area contributed by atoms with Gasteiger partial charge < -0.3 is 4.90 Å². The topological polar surface area (TPSA) is 3.24 Å². The molecule has 0 aliphatic rings. The Kier molecular flexibility index (Phi) is 25.6. The third-order valence-corrected chi connectivity index (χ3v) is 7.25. The number of hydrogen-bond acceptors (Lipinski definition) is 1. The van der Waals surface area contributed by atoms with Gasteiger partial charge in [0.2, 0.25) is 0 Å². The van der Waals surface area contributed by atoms with Gasteiger partial charge in [0.1, 0.15) is 0 Å². The highest BCUT2D eigenvalue weighted by Crippen LogP contribution is 2.19. The molecule has 0 aliphatic carbocycles. The van der Waals surface area contributed by atoms with E-state index in [2.05, 4.69) is 64.1 Å². The van der Waals surface area contributed by atoms with Crippen LogP contribution in [0.5, 0.6) is 0 Å². The summed E-state index contributed by atoms with van der Waals surface area (Å²) in [6, 6.07) is 0.705. The van der Waals surface area contributed by atoms with E-state index >= 15 is 0 Å². The van der Waals surface area contributed by atoms with E-state index in [4.69, 9.17) is 0 Å². The molecule has 0 amide bonds. The molecule has 33 heavy (non-hydrogen) atoms. The van der Waals surface area contributed by atoms with Crippen molar-refractivity contribution in [3.05, 3.63) is 24.3 Å². The molecule has 0 radical (unpaired) electrons. The molecular weight excluding hydrogens is 398 g/mol. The molecule has 0 N–H and O–H groups in total. The van der Waals surface area contributed by atoms with E-state index in [-0.39, 0.29) is 0 Å². The first kappa shape index (κ1) is 32.4. The molecule has 0 aromatic carbocycles. The number of hydrogen-bond donors (Lipinski definition) is 0. The summed E-state index contributed by atoms with van der Waals surface area (Å²) in [7, 11) is 4.50. The van der Waals surface area contributed by atoms with Crippen molar-refractivity contribution in [2.75, 3.05) is 14.1 Å². The standard InChI is InChI=1S/C32H63N/c1-6-8-10-12-14-15-17-21-25-29-32(33(4)5)30-26-22-18-20-24-28-31(3)27-23-19-16-13-11-9-7-2/h14-15,21,25,31-32H,6-13,16-20,22-24,26-30H2,1-5H3/b15-14-,25-21-. The minimum atomic E-state index is 0.705. The van der Waals surface area contributed by atoms with Gasteiger partial charge in [-0.1, -0.05) is 148 Å². The molecule has 2 atom stereocenters. The lowest BCUT2D eigenvalue weighted by atomic mass is 9.95. The van der Waals surface area contributed by atoms with Crippen LogP contribution in [0, 0.1) is 5.92 Å². The molecule has 2 unspecified atom stereocenters. The van der Waals surface area contributed by atoms with Crippen molar-refractivity contribution >= 4 is 0 Å². The van der Waals surface area contributed by atoms with Crippen LogP contribution in [0.4, 0.5) is 0 Å². The Morgan fingerprint density at radius 1 is 0.545 bits per heavy atom. The van der Waals surface area contributed by atoms with Gasteiger partial charge in [-0.05, 0) is 52.1 Å². The summed E-state index contributed by atoms with van der Waals surface area (Å²) in [5, 5.41) is 0. The van der Waals surface area contributed by atoms with Crippen molar-refractivity contribution in [1.82, 2.24) is 4.90 Å². The van der Waals surface area contributed by atoms with Gasteiger partial charge in [-0.2, -0.15) is 0 Å². The van der Waals surface area contributed by atoms with Crippen LogP contribution in [0.3, 0.4) is 0 Å². The Bertz CT molecular complexity index is 422. The maximum absolute atomic E-state index is 2.48. The minimum Gasteiger partial charge on any atom is -0.306 e. The third kappa shape index (κ3) is 24.4. The summed E-state index contributed by atoms with van der Waals surface area (Å²) in [6.07, 6.45) is 38.5. The molecule has 0 saturated carbocycles.